The lowest BCUT2D eigenvalue weighted by molar-refractivity contribution is 0.424. The van der Waals surface area contributed by atoms with Crippen molar-refractivity contribution in [3.8, 4) is 0 Å². The summed E-state index contributed by atoms with van der Waals surface area (Å²) >= 11 is 1.79. The Morgan fingerprint density at radius 3 is 2.57 bits per heavy atom. The van der Waals surface area contributed by atoms with E-state index < -0.39 is 0 Å². The zero-order valence-electron chi connectivity index (χ0n) is 13.6. The van der Waals surface area contributed by atoms with Gasteiger partial charge in [0.25, 0.3) is 0 Å². The van der Waals surface area contributed by atoms with Crippen LogP contribution in [0.25, 0.3) is 0 Å². The Hall–Kier alpha value is -1.39. The highest BCUT2D eigenvalue weighted by atomic mass is 32.1. The molecule has 1 N–H and O–H groups in total. The van der Waals surface area contributed by atoms with Gasteiger partial charge in [-0.1, -0.05) is 12.1 Å². The van der Waals surface area contributed by atoms with Gasteiger partial charge in [-0.2, -0.15) is 0 Å². The first-order valence-electron chi connectivity index (χ1n) is 7.33. The van der Waals surface area contributed by atoms with E-state index in [2.05, 4.69) is 79.6 Å². The molecule has 0 radical (unpaired) electrons. The van der Waals surface area contributed by atoms with Gasteiger partial charge in [0.15, 0.2) is 0 Å². The third kappa shape index (κ3) is 4.55. The molecule has 2 aromatic rings. The minimum Gasteiger partial charge on any atom is -0.352 e. The molecular formula is C17H25N3S. The Bertz CT molecular complexity index is 540. The quantitative estimate of drug-likeness (QED) is 0.896. The van der Waals surface area contributed by atoms with Gasteiger partial charge in [0, 0.05) is 30.2 Å². The monoisotopic (exact) mass is 303 g/mol. The van der Waals surface area contributed by atoms with Crippen LogP contribution in [0, 0.1) is 0 Å². The molecule has 2 aromatic heterocycles. The van der Waals surface area contributed by atoms with Crippen molar-refractivity contribution < 1.29 is 0 Å². The molecule has 2 rings (SSSR count). The van der Waals surface area contributed by atoms with Crippen LogP contribution in [0.15, 0.2) is 35.8 Å². The number of anilines is 1. The molecule has 4 heteroatoms. The van der Waals surface area contributed by atoms with Gasteiger partial charge in [0.1, 0.15) is 5.82 Å². The minimum atomic E-state index is 0.128. The first-order valence-corrected chi connectivity index (χ1v) is 8.21. The number of rotatable bonds is 5. The Kier molecular flexibility index (Phi) is 5.01. The van der Waals surface area contributed by atoms with Crippen molar-refractivity contribution in [3.63, 3.8) is 0 Å². The summed E-state index contributed by atoms with van der Waals surface area (Å²) in [5, 5.41) is 5.60. The maximum Gasteiger partial charge on any atom is 0.128 e. The van der Waals surface area contributed by atoms with Crippen molar-refractivity contribution in [3.05, 3.63) is 46.3 Å². The van der Waals surface area contributed by atoms with Crippen molar-refractivity contribution in [2.24, 2.45) is 0 Å². The molecule has 1 unspecified atom stereocenters. The van der Waals surface area contributed by atoms with Gasteiger partial charge in [0.05, 0.1) is 6.04 Å². The fourth-order valence-electron chi connectivity index (χ4n) is 2.02. The second-order valence-corrected chi connectivity index (χ2v) is 7.41. The van der Waals surface area contributed by atoms with E-state index in [1.165, 1.54) is 10.4 Å². The second kappa shape index (κ2) is 6.58. The highest BCUT2D eigenvalue weighted by Gasteiger charge is 2.14. The van der Waals surface area contributed by atoms with Crippen LogP contribution in [0.4, 0.5) is 5.82 Å². The zero-order chi connectivity index (χ0) is 15.5. The van der Waals surface area contributed by atoms with Crippen molar-refractivity contribution in [2.45, 2.75) is 45.8 Å². The summed E-state index contributed by atoms with van der Waals surface area (Å²) in [6.07, 6.45) is 1.96. The van der Waals surface area contributed by atoms with Gasteiger partial charge in [-0.25, -0.2) is 4.98 Å². The molecule has 2 heterocycles. The average Bonchev–Trinajstić information content (AvgIpc) is 2.97. The molecule has 0 aromatic carbocycles. The topological polar surface area (TPSA) is 28.2 Å². The molecule has 114 valence electrons. The largest absolute Gasteiger partial charge is 0.352 e. The Labute approximate surface area is 132 Å². The lowest BCUT2D eigenvalue weighted by Gasteiger charge is -2.25. The minimum absolute atomic E-state index is 0.128. The summed E-state index contributed by atoms with van der Waals surface area (Å²) in [6.45, 7) is 9.57. The molecule has 1 atom stereocenters. The van der Waals surface area contributed by atoms with Crippen molar-refractivity contribution in [1.82, 2.24) is 10.3 Å². The first-order chi connectivity index (χ1) is 9.87. The number of pyridine rings is 1. The SMILES string of the molecule is CC(c1cccs1)N(C)c1ccc(CNC(C)(C)C)cn1. The van der Waals surface area contributed by atoms with Crippen molar-refractivity contribution in [2.75, 3.05) is 11.9 Å². The van der Waals surface area contributed by atoms with Crippen LogP contribution in [-0.2, 0) is 6.54 Å². The normalized spacial score (nSPS) is 13.2. The third-order valence-corrected chi connectivity index (χ3v) is 4.57. The summed E-state index contributed by atoms with van der Waals surface area (Å²) in [4.78, 5) is 8.17. The first kappa shape index (κ1) is 16.0. The molecule has 0 aliphatic rings. The van der Waals surface area contributed by atoms with Crippen molar-refractivity contribution in [1.29, 1.82) is 0 Å². The third-order valence-electron chi connectivity index (χ3n) is 3.53. The highest BCUT2D eigenvalue weighted by Crippen LogP contribution is 2.26. The second-order valence-electron chi connectivity index (χ2n) is 6.43. The van der Waals surface area contributed by atoms with E-state index in [4.69, 9.17) is 0 Å². The molecule has 0 aliphatic carbocycles. The summed E-state index contributed by atoms with van der Waals surface area (Å²) in [5.41, 5.74) is 1.34. The van der Waals surface area contributed by atoms with Crippen LogP contribution >= 0.6 is 11.3 Å². The molecular weight excluding hydrogens is 278 g/mol. The molecule has 0 saturated heterocycles. The van der Waals surface area contributed by atoms with Crippen LogP contribution in [0.2, 0.25) is 0 Å². The number of nitrogens with one attached hydrogen (secondary N) is 1. The number of thiophene rings is 1. The van der Waals surface area contributed by atoms with Gasteiger partial charge in [0.2, 0.25) is 0 Å². The summed E-state index contributed by atoms with van der Waals surface area (Å²) in [5.74, 6) is 1.01. The van der Waals surface area contributed by atoms with Gasteiger partial charge < -0.3 is 10.2 Å². The van der Waals surface area contributed by atoms with E-state index in [-0.39, 0.29) is 5.54 Å². The zero-order valence-corrected chi connectivity index (χ0v) is 14.4. The maximum absolute atomic E-state index is 4.60. The van der Waals surface area contributed by atoms with E-state index in [1.807, 2.05) is 6.20 Å². The Morgan fingerprint density at radius 1 is 1.29 bits per heavy atom. The predicted octanol–water partition coefficient (Wildman–Crippen LogP) is 4.23. The smallest absolute Gasteiger partial charge is 0.128 e. The van der Waals surface area contributed by atoms with Gasteiger partial charge in [-0.05, 0) is 50.8 Å². The van der Waals surface area contributed by atoms with Crippen LogP contribution in [-0.4, -0.2) is 17.6 Å². The van der Waals surface area contributed by atoms with E-state index in [0.717, 1.165) is 12.4 Å². The molecule has 3 nitrogen and oxygen atoms in total. The fraction of sp³-hybridized carbons (Fsp3) is 0.471. The molecule has 0 spiro atoms. The van der Waals surface area contributed by atoms with E-state index in [1.54, 1.807) is 11.3 Å². The molecule has 0 aliphatic heterocycles. The number of nitrogens with zero attached hydrogens (tertiary/aromatic N) is 2. The van der Waals surface area contributed by atoms with Gasteiger partial charge in [-0.15, -0.1) is 11.3 Å². The van der Waals surface area contributed by atoms with Gasteiger partial charge in [-0.3, -0.25) is 0 Å². The number of hydrogen-bond donors (Lipinski definition) is 1. The van der Waals surface area contributed by atoms with E-state index in [9.17, 15) is 0 Å². The van der Waals surface area contributed by atoms with Crippen LogP contribution in [0.5, 0.6) is 0 Å². The summed E-state index contributed by atoms with van der Waals surface area (Å²) < 4.78 is 0. The maximum atomic E-state index is 4.60. The Morgan fingerprint density at radius 2 is 2.05 bits per heavy atom. The van der Waals surface area contributed by atoms with Crippen LogP contribution in [0.3, 0.4) is 0 Å². The standard InChI is InChI=1S/C17H25N3S/c1-13(15-7-6-10-21-15)20(5)16-9-8-14(11-18-16)12-19-17(2,3)4/h6-11,13,19H,12H2,1-5H3. The number of aromatic nitrogens is 1. The lowest BCUT2D eigenvalue weighted by Crippen LogP contribution is -2.35. The molecule has 0 amide bonds. The fourth-order valence-corrected chi connectivity index (χ4v) is 2.84. The van der Waals surface area contributed by atoms with Crippen LogP contribution in [0.1, 0.15) is 44.2 Å². The highest BCUT2D eigenvalue weighted by molar-refractivity contribution is 7.10. The average molecular weight is 303 g/mol. The number of hydrogen-bond acceptors (Lipinski definition) is 4. The van der Waals surface area contributed by atoms with Gasteiger partial charge >= 0.3 is 0 Å². The predicted molar refractivity (Wildman–Crippen MR) is 92.0 cm³/mol. The molecule has 21 heavy (non-hydrogen) atoms. The lowest BCUT2D eigenvalue weighted by atomic mass is 10.1. The summed E-state index contributed by atoms with van der Waals surface area (Å²) in [6, 6.07) is 8.87. The van der Waals surface area contributed by atoms with Crippen LogP contribution < -0.4 is 10.2 Å². The van der Waals surface area contributed by atoms with Crippen molar-refractivity contribution >= 4 is 17.2 Å². The molecule has 0 fully saturated rings. The Balaban J connectivity index is 2.01. The van der Waals surface area contributed by atoms with E-state index >= 15 is 0 Å². The van der Waals surface area contributed by atoms with E-state index in [0.29, 0.717) is 6.04 Å². The molecule has 0 saturated carbocycles. The molecule has 0 bridgehead atoms. The summed E-state index contributed by atoms with van der Waals surface area (Å²) in [7, 11) is 2.10.